The highest BCUT2D eigenvalue weighted by atomic mass is 16.5. The van der Waals surface area contributed by atoms with Crippen LogP contribution < -0.4 is 4.74 Å². The monoisotopic (exact) mass is 440 g/mol. The molecule has 3 aliphatic rings. The van der Waals surface area contributed by atoms with Crippen molar-refractivity contribution in [2.75, 3.05) is 0 Å². The quantitative estimate of drug-likeness (QED) is 0.501. The number of aromatic hydroxyl groups is 2. The maximum absolute atomic E-state index is 13.6. The Kier molecular flexibility index (Phi) is 5.07. The van der Waals surface area contributed by atoms with E-state index in [-0.39, 0.29) is 57.8 Å². The van der Waals surface area contributed by atoms with E-state index in [9.17, 15) is 24.6 Å². The molecule has 0 spiro atoms. The van der Waals surface area contributed by atoms with E-state index in [1.165, 1.54) is 6.07 Å². The smallest absolute Gasteiger partial charge is 0.175 e. The van der Waals surface area contributed by atoms with Gasteiger partial charge in [0.05, 0.1) is 10.8 Å². The Bertz CT molecular complexity index is 1070. The van der Waals surface area contributed by atoms with Gasteiger partial charge in [0.15, 0.2) is 17.3 Å². The van der Waals surface area contributed by atoms with Gasteiger partial charge in [-0.15, -0.1) is 0 Å². The van der Waals surface area contributed by atoms with E-state index in [0.717, 1.165) is 19.3 Å². The predicted molar refractivity (Wildman–Crippen MR) is 119 cm³/mol. The first kappa shape index (κ1) is 22.6. The summed E-state index contributed by atoms with van der Waals surface area (Å²) < 4.78 is 6.23. The van der Waals surface area contributed by atoms with E-state index in [4.69, 9.17) is 4.74 Å². The second kappa shape index (κ2) is 7.19. The van der Waals surface area contributed by atoms with Crippen molar-refractivity contribution < 1.29 is 29.3 Å². The lowest BCUT2D eigenvalue weighted by molar-refractivity contribution is -0.144. The van der Waals surface area contributed by atoms with Crippen LogP contribution in [-0.2, 0) is 9.59 Å². The maximum atomic E-state index is 13.6. The fraction of sp³-hybridized carbons (Fsp3) is 0.577. The Hall–Kier alpha value is -2.63. The van der Waals surface area contributed by atoms with Crippen LogP contribution in [0.3, 0.4) is 0 Å². The third kappa shape index (κ3) is 3.02. The molecule has 1 fully saturated rings. The van der Waals surface area contributed by atoms with Gasteiger partial charge in [0.1, 0.15) is 28.6 Å². The summed E-state index contributed by atoms with van der Waals surface area (Å²) in [6, 6.07) is 1.18. The number of ether oxygens (including phenoxy) is 1. The van der Waals surface area contributed by atoms with Crippen LogP contribution in [0.5, 0.6) is 17.2 Å². The first-order valence-electron chi connectivity index (χ1n) is 11.4. The summed E-state index contributed by atoms with van der Waals surface area (Å²) in [5, 5.41) is 21.5. The fourth-order valence-electron chi connectivity index (χ4n) is 5.42. The zero-order valence-corrected chi connectivity index (χ0v) is 19.7. The molecule has 1 atom stereocenters. The number of fused-ring (bicyclic) bond motifs is 1. The highest BCUT2D eigenvalue weighted by Gasteiger charge is 2.57. The van der Waals surface area contributed by atoms with Crippen LogP contribution in [0, 0.1) is 22.7 Å². The third-order valence-electron chi connectivity index (χ3n) is 7.37. The molecule has 0 amide bonds. The van der Waals surface area contributed by atoms with Crippen molar-refractivity contribution in [3.8, 4) is 17.2 Å². The van der Waals surface area contributed by atoms with Gasteiger partial charge in [0.2, 0.25) is 0 Å². The number of hydrogen-bond donors (Lipinski definition) is 2. The van der Waals surface area contributed by atoms with E-state index in [2.05, 4.69) is 0 Å². The Morgan fingerprint density at radius 3 is 2.25 bits per heavy atom. The highest BCUT2D eigenvalue weighted by molar-refractivity contribution is 6.20. The minimum Gasteiger partial charge on any atom is -0.507 e. The van der Waals surface area contributed by atoms with Crippen molar-refractivity contribution >= 4 is 17.3 Å². The molecule has 1 unspecified atom stereocenters. The molecule has 2 N–H and O–H groups in total. The number of carbonyl (C=O) groups excluding carboxylic acids is 3. The molecular weight excluding hydrogens is 408 g/mol. The van der Waals surface area contributed by atoms with Crippen molar-refractivity contribution in [3.05, 3.63) is 28.5 Å². The molecule has 1 heterocycles. The van der Waals surface area contributed by atoms with Gasteiger partial charge in [-0.25, -0.2) is 0 Å². The second-order valence-electron chi connectivity index (χ2n) is 11.0. The van der Waals surface area contributed by atoms with E-state index in [1.54, 1.807) is 27.7 Å². The summed E-state index contributed by atoms with van der Waals surface area (Å²) >= 11 is 0. The number of rotatable bonds is 4. The van der Waals surface area contributed by atoms with Crippen LogP contribution in [0.4, 0.5) is 0 Å². The predicted octanol–water partition coefficient (Wildman–Crippen LogP) is 5.06. The summed E-state index contributed by atoms with van der Waals surface area (Å²) in [4.78, 5) is 40.1. The van der Waals surface area contributed by atoms with Crippen LogP contribution in [0.25, 0.3) is 0 Å². The Balaban J connectivity index is 2.01. The number of hydrogen-bond acceptors (Lipinski definition) is 6. The Labute approximate surface area is 188 Å². The number of benzene rings is 1. The molecule has 32 heavy (non-hydrogen) atoms. The molecule has 172 valence electrons. The first-order chi connectivity index (χ1) is 14.8. The zero-order chi connectivity index (χ0) is 23.7. The average Bonchev–Trinajstić information content (AvgIpc) is 2.63. The van der Waals surface area contributed by atoms with Gasteiger partial charge in [-0.2, -0.15) is 0 Å². The number of phenolic OH excluding ortho intramolecular Hbond substituents is 2. The highest BCUT2D eigenvalue weighted by Crippen LogP contribution is 2.58. The molecular formula is C26H32O6. The summed E-state index contributed by atoms with van der Waals surface area (Å²) in [5.74, 6) is -1.57. The molecule has 0 aromatic heterocycles. The van der Waals surface area contributed by atoms with Gasteiger partial charge in [-0.1, -0.05) is 20.3 Å². The molecule has 6 heteroatoms. The molecule has 2 aliphatic carbocycles. The van der Waals surface area contributed by atoms with E-state index in [0.29, 0.717) is 17.6 Å². The lowest BCUT2D eigenvalue weighted by atomic mass is 9.59. The van der Waals surface area contributed by atoms with Crippen LogP contribution in [-0.4, -0.2) is 27.6 Å². The first-order valence-corrected chi connectivity index (χ1v) is 11.4. The SMILES string of the molecule is CC(C)CC1C2=C(Oc3c(C(=O)C4CCC4)c(O)cc(O)c31)C(C)(C)C(=O)C(C)(C)C2=O. The molecule has 0 radical (unpaired) electrons. The molecule has 4 rings (SSSR count). The summed E-state index contributed by atoms with van der Waals surface area (Å²) in [6.07, 6.45) is 2.97. The lowest BCUT2D eigenvalue weighted by Gasteiger charge is -2.45. The van der Waals surface area contributed by atoms with Crippen molar-refractivity contribution in [2.24, 2.45) is 22.7 Å². The number of Topliss-reactive ketones (excluding diaryl/α,β-unsaturated/α-hetero) is 3. The largest absolute Gasteiger partial charge is 0.507 e. The molecule has 1 aromatic rings. The molecule has 1 saturated carbocycles. The van der Waals surface area contributed by atoms with Crippen molar-refractivity contribution in [3.63, 3.8) is 0 Å². The van der Waals surface area contributed by atoms with Gasteiger partial charge in [0, 0.05) is 29.0 Å². The zero-order valence-electron chi connectivity index (χ0n) is 19.7. The number of phenols is 2. The minimum absolute atomic E-state index is 0.0448. The summed E-state index contributed by atoms with van der Waals surface area (Å²) in [7, 11) is 0. The Morgan fingerprint density at radius 2 is 1.72 bits per heavy atom. The fourth-order valence-corrected chi connectivity index (χ4v) is 5.42. The molecule has 1 aromatic carbocycles. The van der Waals surface area contributed by atoms with E-state index < -0.39 is 16.7 Å². The number of allylic oxidation sites excluding steroid dienone is 2. The molecule has 6 nitrogen and oxygen atoms in total. The van der Waals surface area contributed by atoms with Gasteiger partial charge < -0.3 is 14.9 Å². The van der Waals surface area contributed by atoms with Gasteiger partial charge in [-0.3, -0.25) is 14.4 Å². The topological polar surface area (TPSA) is 101 Å². The number of ketones is 3. The average molecular weight is 441 g/mol. The van der Waals surface area contributed by atoms with Gasteiger partial charge >= 0.3 is 0 Å². The van der Waals surface area contributed by atoms with Crippen LogP contribution in [0.15, 0.2) is 17.4 Å². The van der Waals surface area contributed by atoms with Crippen LogP contribution in [0.2, 0.25) is 0 Å². The Morgan fingerprint density at radius 1 is 1.09 bits per heavy atom. The summed E-state index contributed by atoms with van der Waals surface area (Å²) in [6.45, 7) is 10.8. The van der Waals surface area contributed by atoms with Crippen molar-refractivity contribution in [1.29, 1.82) is 0 Å². The van der Waals surface area contributed by atoms with Crippen molar-refractivity contribution in [1.82, 2.24) is 0 Å². The lowest BCUT2D eigenvalue weighted by Crippen LogP contribution is -2.51. The molecule has 0 saturated heterocycles. The molecule has 0 bridgehead atoms. The summed E-state index contributed by atoms with van der Waals surface area (Å²) in [5.41, 5.74) is -1.54. The van der Waals surface area contributed by atoms with Crippen LogP contribution in [0.1, 0.15) is 89.1 Å². The number of carbonyl (C=O) groups is 3. The standard InChI is InChI=1S/C26H32O6/c1-12(2)10-14-17-15(27)11-16(28)19(20(29)13-8-7-9-13)21(17)32-23-18(14)22(30)25(3,4)24(31)26(23,5)6/h11-14,27-28H,7-10H2,1-6H3. The minimum atomic E-state index is -1.23. The van der Waals surface area contributed by atoms with E-state index in [1.807, 2.05) is 13.8 Å². The van der Waals surface area contributed by atoms with E-state index >= 15 is 0 Å². The van der Waals surface area contributed by atoms with Gasteiger partial charge in [-0.05, 0) is 52.9 Å². The van der Waals surface area contributed by atoms with Crippen LogP contribution >= 0.6 is 0 Å². The normalized spacial score (nSPS) is 24.0. The third-order valence-corrected chi connectivity index (χ3v) is 7.37. The maximum Gasteiger partial charge on any atom is 0.175 e. The van der Waals surface area contributed by atoms with Gasteiger partial charge in [0.25, 0.3) is 0 Å². The molecule has 1 aliphatic heterocycles. The second-order valence-corrected chi connectivity index (χ2v) is 11.0. The van der Waals surface area contributed by atoms with Crippen molar-refractivity contribution in [2.45, 2.75) is 73.1 Å².